The maximum absolute atomic E-state index is 12.5. The molecule has 1 aliphatic rings. The van der Waals surface area contributed by atoms with Crippen LogP contribution in [0.15, 0.2) is 35.7 Å². The quantitative estimate of drug-likeness (QED) is 0.808. The molecule has 1 aromatic heterocycles. The normalized spacial score (nSPS) is 13.9. The van der Waals surface area contributed by atoms with E-state index < -0.39 is 0 Å². The van der Waals surface area contributed by atoms with E-state index in [1.807, 2.05) is 41.1 Å². The maximum Gasteiger partial charge on any atom is 0.237 e. The summed E-state index contributed by atoms with van der Waals surface area (Å²) in [7, 11) is 1.97. The fraction of sp³-hybridized carbons (Fsp3) is 0.421. The number of aryl methyl sites for hydroxylation is 1. The van der Waals surface area contributed by atoms with Crippen LogP contribution in [0.5, 0.6) is 5.75 Å². The van der Waals surface area contributed by atoms with Gasteiger partial charge in [-0.3, -0.25) is 9.69 Å². The first kappa shape index (κ1) is 17.0. The highest BCUT2D eigenvalue weighted by Crippen LogP contribution is 2.24. The standard InChI is InChI=1S/C19H24N2O2S/c1-15-3-5-17(6-4-15)23-11-10-20(2)14-19(22)21-9-7-18-16(13-21)8-12-24-18/h3-6,8,12H,7,9-11,13-14H2,1-2H3. The fourth-order valence-electron chi connectivity index (χ4n) is 2.83. The van der Waals surface area contributed by atoms with Crippen molar-refractivity contribution >= 4 is 17.2 Å². The molecule has 128 valence electrons. The van der Waals surface area contributed by atoms with Crippen LogP contribution in [0.2, 0.25) is 0 Å². The largest absolute Gasteiger partial charge is 0.492 e. The lowest BCUT2D eigenvalue weighted by Crippen LogP contribution is -2.42. The van der Waals surface area contributed by atoms with E-state index in [9.17, 15) is 4.79 Å². The molecule has 0 saturated carbocycles. The first-order valence-electron chi connectivity index (χ1n) is 8.33. The summed E-state index contributed by atoms with van der Waals surface area (Å²) in [6, 6.07) is 10.2. The molecule has 24 heavy (non-hydrogen) atoms. The van der Waals surface area contributed by atoms with Crippen LogP contribution in [-0.4, -0.2) is 49.0 Å². The van der Waals surface area contributed by atoms with Gasteiger partial charge < -0.3 is 9.64 Å². The number of carbonyl (C=O) groups excluding carboxylic acids is 1. The summed E-state index contributed by atoms with van der Waals surface area (Å²) in [5.41, 5.74) is 2.53. The number of ether oxygens (including phenoxy) is 1. The molecular formula is C19H24N2O2S. The van der Waals surface area contributed by atoms with Gasteiger partial charge in [-0.2, -0.15) is 0 Å². The second kappa shape index (κ2) is 7.81. The molecule has 2 heterocycles. The molecule has 0 bridgehead atoms. The molecule has 0 atom stereocenters. The van der Waals surface area contributed by atoms with Crippen LogP contribution in [0, 0.1) is 6.92 Å². The molecule has 3 rings (SSSR count). The Kier molecular flexibility index (Phi) is 5.53. The third kappa shape index (κ3) is 4.36. The van der Waals surface area contributed by atoms with E-state index >= 15 is 0 Å². The minimum atomic E-state index is 0.199. The number of rotatable bonds is 6. The van der Waals surface area contributed by atoms with Gasteiger partial charge in [-0.15, -0.1) is 11.3 Å². The molecule has 0 N–H and O–H groups in total. The van der Waals surface area contributed by atoms with Gasteiger partial charge in [-0.25, -0.2) is 0 Å². The van der Waals surface area contributed by atoms with Gasteiger partial charge in [0, 0.05) is 24.5 Å². The van der Waals surface area contributed by atoms with Crippen LogP contribution in [0.3, 0.4) is 0 Å². The molecule has 0 spiro atoms. The number of likely N-dealkylation sites (N-methyl/N-ethyl adjacent to an activating group) is 1. The number of amides is 1. The average molecular weight is 344 g/mol. The molecule has 0 unspecified atom stereocenters. The third-order valence-corrected chi connectivity index (χ3v) is 5.35. The Morgan fingerprint density at radius 2 is 2.08 bits per heavy atom. The first-order valence-corrected chi connectivity index (χ1v) is 9.21. The highest BCUT2D eigenvalue weighted by atomic mass is 32.1. The predicted molar refractivity (Wildman–Crippen MR) is 97.6 cm³/mol. The van der Waals surface area contributed by atoms with Crippen LogP contribution in [-0.2, 0) is 17.8 Å². The van der Waals surface area contributed by atoms with Crippen molar-refractivity contribution in [3.05, 3.63) is 51.7 Å². The van der Waals surface area contributed by atoms with Crippen molar-refractivity contribution in [2.75, 3.05) is 33.3 Å². The number of hydrogen-bond donors (Lipinski definition) is 0. The van der Waals surface area contributed by atoms with Gasteiger partial charge in [0.05, 0.1) is 6.54 Å². The lowest BCUT2D eigenvalue weighted by atomic mass is 10.1. The second-order valence-corrected chi connectivity index (χ2v) is 7.33. The molecule has 1 amide bonds. The van der Waals surface area contributed by atoms with Gasteiger partial charge in [-0.1, -0.05) is 17.7 Å². The molecule has 1 aliphatic heterocycles. The monoisotopic (exact) mass is 344 g/mol. The number of hydrogen-bond acceptors (Lipinski definition) is 4. The minimum Gasteiger partial charge on any atom is -0.492 e. The number of fused-ring (bicyclic) bond motifs is 1. The molecule has 0 fully saturated rings. The average Bonchev–Trinajstić information content (AvgIpc) is 3.04. The van der Waals surface area contributed by atoms with Crippen molar-refractivity contribution in [2.45, 2.75) is 19.9 Å². The highest BCUT2D eigenvalue weighted by Gasteiger charge is 2.22. The summed E-state index contributed by atoms with van der Waals surface area (Å²) >= 11 is 1.80. The van der Waals surface area contributed by atoms with Crippen LogP contribution in [0.4, 0.5) is 0 Å². The van der Waals surface area contributed by atoms with Crippen molar-refractivity contribution in [3.63, 3.8) is 0 Å². The highest BCUT2D eigenvalue weighted by molar-refractivity contribution is 7.10. The van der Waals surface area contributed by atoms with Crippen molar-refractivity contribution < 1.29 is 9.53 Å². The summed E-state index contributed by atoms with van der Waals surface area (Å²) in [6.07, 6.45) is 0.985. The molecule has 0 radical (unpaired) electrons. The third-order valence-electron chi connectivity index (χ3n) is 4.33. The Balaban J connectivity index is 1.41. The zero-order valence-corrected chi connectivity index (χ0v) is 15.1. The Bertz CT molecular complexity index is 681. The molecule has 4 nitrogen and oxygen atoms in total. The van der Waals surface area contributed by atoms with Gasteiger partial charge in [0.1, 0.15) is 12.4 Å². The van der Waals surface area contributed by atoms with Gasteiger partial charge in [0.25, 0.3) is 0 Å². The van der Waals surface area contributed by atoms with Crippen molar-refractivity contribution in [2.24, 2.45) is 0 Å². The topological polar surface area (TPSA) is 32.8 Å². The minimum absolute atomic E-state index is 0.199. The van der Waals surface area contributed by atoms with Crippen molar-refractivity contribution in [1.82, 2.24) is 9.80 Å². The van der Waals surface area contributed by atoms with Crippen LogP contribution in [0.1, 0.15) is 16.0 Å². The van der Waals surface area contributed by atoms with Crippen LogP contribution in [0.25, 0.3) is 0 Å². The van der Waals surface area contributed by atoms with Crippen LogP contribution < -0.4 is 4.74 Å². The number of thiophene rings is 1. The molecule has 0 aliphatic carbocycles. The maximum atomic E-state index is 12.5. The van der Waals surface area contributed by atoms with Crippen LogP contribution >= 0.6 is 11.3 Å². The van der Waals surface area contributed by atoms with Crippen molar-refractivity contribution in [1.29, 1.82) is 0 Å². The van der Waals surface area contributed by atoms with Gasteiger partial charge in [0.15, 0.2) is 0 Å². The zero-order valence-electron chi connectivity index (χ0n) is 14.3. The molecule has 1 aromatic carbocycles. The van der Waals surface area contributed by atoms with E-state index in [4.69, 9.17) is 4.74 Å². The summed E-state index contributed by atoms with van der Waals surface area (Å²) < 4.78 is 5.73. The number of nitrogens with zero attached hydrogens (tertiary/aromatic N) is 2. The summed E-state index contributed by atoms with van der Waals surface area (Å²) in [6.45, 7) is 5.41. The SMILES string of the molecule is Cc1ccc(OCCN(C)CC(=O)N2CCc3sccc3C2)cc1. The summed E-state index contributed by atoms with van der Waals surface area (Å²) in [5, 5.41) is 2.12. The zero-order chi connectivity index (χ0) is 16.9. The van der Waals surface area contributed by atoms with Crippen molar-refractivity contribution in [3.8, 4) is 5.75 Å². The summed E-state index contributed by atoms with van der Waals surface area (Å²) in [4.78, 5) is 17.9. The van der Waals surface area contributed by atoms with E-state index in [1.165, 1.54) is 16.0 Å². The second-order valence-electron chi connectivity index (χ2n) is 6.33. The lowest BCUT2D eigenvalue weighted by Gasteiger charge is -2.28. The van der Waals surface area contributed by atoms with Gasteiger partial charge in [0.2, 0.25) is 5.91 Å². The Labute approximate surface area is 147 Å². The van der Waals surface area contributed by atoms with E-state index in [0.29, 0.717) is 13.2 Å². The van der Waals surface area contributed by atoms with Gasteiger partial charge >= 0.3 is 0 Å². The fourth-order valence-corrected chi connectivity index (χ4v) is 3.71. The Hall–Kier alpha value is -1.85. The first-order chi connectivity index (χ1) is 11.6. The number of carbonyl (C=O) groups is 1. The Morgan fingerprint density at radius 3 is 2.88 bits per heavy atom. The number of benzene rings is 1. The van der Waals surface area contributed by atoms with E-state index in [-0.39, 0.29) is 5.91 Å². The molecule has 0 saturated heterocycles. The molecule has 2 aromatic rings. The predicted octanol–water partition coefficient (Wildman–Crippen LogP) is 2.95. The Morgan fingerprint density at radius 1 is 1.29 bits per heavy atom. The smallest absolute Gasteiger partial charge is 0.237 e. The summed E-state index contributed by atoms with van der Waals surface area (Å²) in [5.74, 6) is 1.08. The van der Waals surface area contributed by atoms with E-state index in [1.54, 1.807) is 11.3 Å². The lowest BCUT2D eigenvalue weighted by molar-refractivity contribution is -0.133. The van der Waals surface area contributed by atoms with E-state index in [2.05, 4.69) is 18.4 Å². The van der Waals surface area contributed by atoms with E-state index in [0.717, 1.165) is 31.8 Å². The molecular weight excluding hydrogens is 320 g/mol. The molecule has 5 heteroatoms. The van der Waals surface area contributed by atoms with Gasteiger partial charge in [-0.05, 0) is 49.5 Å².